The fourth-order valence-electron chi connectivity index (χ4n) is 1.82. The van der Waals surface area contributed by atoms with E-state index in [1.54, 1.807) is 18.2 Å². The van der Waals surface area contributed by atoms with Gasteiger partial charge in [0.15, 0.2) is 5.82 Å². The van der Waals surface area contributed by atoms with Gasteiger partial charge in [-0.25, -0.2) is 0 Å². The number of hydrogen-bond acceptors (Lipinski definition) is 6. The van der Waals surface area contributed by atoms with Crippen LogP contribution >= 0.6 is 35.1 Å². The lowest BCUT2D eigenvalue weighted by Crippen LogP contribution is -2.07. The smallest absolute Gasteiger partial charge is 0.259 e. The van der Waals surface area contributed by atoms with E-state index >= 15 is 0 Å². The first kappa shape index (κ1) is 13.1. The summed E-state index contributed by atoms with van der Waals surface area (Å²) in [6.45, 7) is 0. The van der Waals surface area contributed by atoms with Crippen LogP contribution in [0, 0.1) is 0 Å². The van der Waals surface area contributed by atoms with Crippen LogP contribution in [0.25, 0.3) is 11.5 Å². The van der Waals surface area contributed by atoms with E-state index in [1.165, 1.54) is 5.75 Å². The third kappa shape index (κ3) is 2.85. The van der Waals surface area contributed by atoms with Crippen LogP contribution in [0.1, 0.15) is 11.1 Å². The van der Waals surface area contributed by atoms with Gasteiger partial charge in [-0.15, -0.1) is 11.8 Å². The Hall–Kier alpha value is -0.850. The highest BCUT2D eigenvalue weighted by Crippen LogP contribution is 2.36. The first-order chi connectivity index (χ1) is 9.24. The molecule has 1 aromatic carbocycles. The molecule has 1 fully saturated rings. The van der Waals surface area contributed by atoms with Gasteiger partial charge in [0.05, 0.1) is 15.8 Å². The maximum atomic E-state index is 6.14. The van der Waals surface area contributed by atoms with Crippen LogP contribution in [-0.2, 0) is 0 Å². The Labute approximate surface area is 124 Å². The molecule has 0 saturated carbocycles. The van der Waals surface area contributed by atoms with Crippen molar-refractivity contribution < 1.29 is 4.52 Å². The monoisotopic (exact) mass is 313 g/mol. The summed E-state index contributed by atoms with van der Waals surface area (Å²) in [5.41, 5.74) is 7.01. The molecule has 4 nitrogen and oxygen atoms in total. The zero-order valence-electron chi connectivity index (χ0n) is 10.0. The van der Waals surface area contributed by atoms with Gasteiger partial charge in [0.2, 0.25) is 0 Å². The lowest BCUT2D eigenvalue weighted by Gasteiger charge is -2.16. The first-order valence-electron chi connectivity index (χ1n) is 5.82. The lowest BCUT2D eigenvalue weighted by atomic mass is 10.2. The zero-order chi connectivity index (χ0) is 13.2. The molecule has 0 amide bonds. The predicted octanol–water partition coefficient (Wildman–Crippen LogP) is 3.49. The van der Waals surface area contributed by atoms with Crippen LogP contribution in [0.15, 0.2) is 22.7 Å². The Kier molecular flexibility index (Phi) is 3.91. The zero-order valence-corrected chi connectivity index (χ0v) is 12.4. The summed E-state index contributed by atoms with van der Waals surface area (Å²) in [5.74, 6) is 4.55. The number of nitrogens with two attached hydrogens (primary N) is 1. The molecule has 2 heterocycles. The summed E-state index contributed by atoms with van der Waals surface area (Å²) >= 11 is 9.94. The highest BCUT2D eigenvalue weighted by atomic mass is 35.5. The third-order valence-electron chi connectivity index (χ3n) is 2.77. The maximum Gasteiger partial charge on any atom is 0.259 e. The fraction of sp³-hybridized carbons (Fsp3) is 0.333. The minimum atomic E-state index is 0.309. The van der Waals surface area contributed by atoms with Gasteiger partial charge in [-0.05, 0) is 18.2 Å². The van der Waals surface area contributed by atoms with Gasteiger partial charge in [-0.3, -0.25) is 0 Å². The molecule has 1 unspecified atom stereocenters. The predicted molar refractivity (Wildman–Crippen MR) is 81.7 cm³/mol. The number of thioether (sulfide) groups is 2. The van der Waals surface area contributed by atoms with Gasteiger partial charge in [-0.2, -0.15) is 16.7 Å². The molecule has 19 heavy (non-hydrogen) atoms. The molecule has 0 bridgehead atoms. The number of benzene rings is 1. The van der Waals surface area contributed by atoms with Crippen molar-refractivity contribution in [3.63, 3.8) is 0 Å². The molecule has 2 N–H and O–H groups in total. The maximum absolute atomic E-state index is 6.14. The van der Waals surface area contributed by atoms with Crippen LogP contribution in [0.3, 0.4) is 0 Å². The summed E-state index contributed by atoms with van der Waals surface area (Å²) in [4.78, 5) is 4.46. The van der Waals surface area contributed by atoms with Gasteiger partial charge < -0.3 is 10.3 Å². The van der Waals surface area contributed by atoms with E-state index in [9.17, 15) is 0 Å². The molecule has 0 spiro atoms. The van der Waals surface area contributed by atoms with Crippen LogP contribution in [0.4, 0.5) is 5.69 Å². The number of rotatable bonds is 2. The normalized spacial score (nSPS) is 19.5. The molecule has 1 saturated heterocycles. The molecular weight excluding hydrogens is 302 g/mol. The van der Waals surface area contributed by atoms with Crippen molar-refractivity contribution in [2.75, 3.05) is 23.0 Å². The van der Waals surface area contributed by atoms with E-state index in [4.69, 9.17) is 21.9 Å². The SMILES string of the molecule is Nc1ccc(-c2nc(C3CSCCS3)no2)c(Cl)c1. The number of nitrogens with zero attached hydrogens (tertiary/aromatic N) is 2. The Morgan fingerprint density at radius 1 is 1.37 bits per heavy atom. The minimum Gasteiger partial charge on any atom is -0.399 e. The first-order valence-corrected chi connectivity index (χ1v) is 8.40. The second kappa shape index (κ2) is 5.64. The highest BCUT2D eigenvalue weighted by molar-refractivity contribution is 8.06. The topological polar surface area (TPSA) is 64.9 Å². The van der Waals surface area contributed by atoms with Gasteiger partial charge in [0.25, 0.3) is 5.89 Å². The molecule has 1 aliphatic heterocycles. The molecule has 1 aliphatic rings. The van der Waals surface area contributed by atoms with Gasteiger partial charge in [0, 0.05) is 22.9 Å². The van der Waals surface area contributed by atoms with Crippen LogP contribution in [-0.4, -0.2) is 27.4 Å². The van der Waals surface area contributed by atoms with Crippen LogP contribution in [0.5, 0.6) is 0 Å². The van der Waals surface area contributed by atoms with Gasteiger partial charge in [0.1, 0.15) is 0 Å². The molecule has 7 heteroatoms. The minimum absolute atomic E-state index is 0.309. The molecule has 0 radical (unpaired) electrons. The number of nitrogen functional groups attached to an aromatic ring is 1. The van der Waals surface area contributed by atoms with Crippen molar-refractivity contribution >= 4 is 40.8 Å². The number of aromatic nitrogens is 2. The number of hydrogen-bond donors (Lipinski definition) is 1. The Morgan fingerprint density at radius 3 is 3.00 bits per heavy atom. The average Bonchev–Trinajstić information content (AvgIpc) is 2.89. The van der Waals surface area contributed by atoms with Crippen LogP contribution in [0.2, 0.25) is 5.02 Å². The summed E-state index contributed by atoms with van der Waals surface area (Å²) in [5, 5.41) is 4.91. The van der Waals surface area contributed by atoms with E-state index in [0.29, 0.717) is 21.9 Å². The Bertz CT molecular complexity index is 584. The van der Waals surface area contributed by atoms with E-state index in [0.717, 1.165) is 22.9 Å². The van der Waals surface area contributed by atoms with E-state index < -0.39 is 0 Å². The van der Waals surface area contributed by atoms with E-state index in [2.05, 4.69) is 10.1 Å². The molecular formula is C12H12ClN3OS2. The summed E-state index contributed by atoms with van der Waals surface area (Å²) in [7, 11) is 0. The van der Waals surface area contributed by atoms with Gasteiger partial charge >= 0.3 is 0 Å². The molecule has 100 valence electrons. The standard InChI is InChI=1S/C12H12ClN3OS2/c13-9-5-7(14)1-2-8(9)12-15-11(16-17-12)10-6-18-3-4-19-10/h1-2,5,10H,3-4,6,14H2. The van der Waals surface area contributed by atoms with Crippen molar-refractivity contribution in [2.24, 2.45) is 0 Å². The molecule has 3 rings (SSSR count). The van der Waals surface area contributed by atoms with Crippen molar-refractivity contribution in [3.8, 4) is 11.5 Å². The van der Waals surface area contributed by atoms with Crippen molar-refractivity contribution in [1.82, 2.24) is 10.1 Å². The summed E-state index contributed by atoms with van der Waals surface area (Å²) in [6.07, 6.45) is 0. The van der Waals surface area contributed by atoms with E-state index in [1.807, 2.05) is 23.5 Å². The molecule has 2 aromatic rings. The molecule has 0 aliphatic carbocycles. The second-order valence-electron chi connectivity index (χ2n) is 4.13. The summed E-state index contributed by atoms with van der Waals surface area (Å²) < 4.78 is 5.32. The van der Waals surface area contributed by atoms with Crippen molar-refractivity contribution in [2.45, 2.75) is 5.25 Å². The second-order valence-corrected chi connectivity index (χ2v) is 7.00. The number of anilines is 1. The Balaban J connectivity index is 1.87. The van der Waals surface area contributed by atoms with E-state index in [-0.39, 0.29) is 0 Å². The van der Waals surface area contributed by atoms with Gasteiger partial charge in [-0.1, -0.05) is 16.8 Å². The quantitative estimate of drug-likeness (QED) is 0.856. The molecule has 1 aromatic heterocycles. The highest BCUT2D eigenvalue weighted by Gasteiger charge is 2.22. The van der Waals surface area contributed by atoms with Crippen molar-refractivity contribution in [1.29, 1.82) is 0 Å². The average molecular weight is 314 g/mol. The fourth-order valence-corrected chi connectivity index (χ4v) is 4.68. The third-order valence-corrected chi connectivity index (χ3v) is 5.83. The summed E-state index contributed by atoms with van der Waals surface area (Å²) in [6, 6.07) is 5.26. The Morgan fingerprint density at radius 2 is 2.26 bits per heavy atom. The largest absolute Gasteiger partial charge is 0.399 e. The molecule has 1 atom stereocenters. The van der Waals surface area contributed by atoms with Crippen molar-refractivity contribution in [3.05, 3.63) is 29.0 Å². The number of halogens is 1. The van der Waals surface area contributed by atoms with Crippen LogP contribution < -0.4 is 5.73 Å². The lowest BCUT2D eigenvalue weighted by molar-refractivity contribution is 0.423.